The number of allylic oxidation sites excluding steroid dienone is 1. The highest BCUT2D eigenvalue weighted by Crippen LogP contribution is 2.18. The third kappa shape index (κ3) is 6.65. The van der Waals surface area contributed by atoms with E-state index in [0.717, 1.165) is 24.2 Å². The standard InChI is InChI=1S/C16H23NO2/c1-12(2)8-9-17-14-6-5-7-15(11-14)19-16(18)10-13(3)4/h5-7,10-12,17H,8-9H2,1-4H3. The second-order valence-electron chi connectivity index (χ2n) is 5.28. The summed E-state index contributed by atoms with van der Waals surface area (Å²) in [5.74, 6) is 0.905. The third-order valence-electron chi connectivity index (χ3n) is 2.51. The maximum Gasteiger partial charge on any atom is 0.336 e. The van der Waals surface area contributed by atoms with Crippen LogP contribution < -0.4 is 10.1 Å². The van der Waals surface area contributed by atoms with Crippen LogP contribution in [-0.4, -0.2) is 12.5 Å². The molecule has 0 radical (unpaired) electrons. The summed E-state index contributed by atoms with van der Waals surface area (Å²) in [7, 11) is 0. The van der Waals surface area contributed by atoms with E-state index in [-0.39, 0.29) is 5.97 Å². The molecule has 0 aliphatic rings. The quantitative estimate of drug-likeness (QED) is 0.477. The fourth-order valence-electron chi connectivity index (χ4n) is 1.56. The van der Waals surface area contributed by atoms with E-state index in [1.807, 2.05) is 32.0 Å². The number of hydrogen-bond donors (Lipinski definition) is 1. The molecule has 3 heteroatoms. The average molecular weight is 261 g/mol. The van der Waals surface area contributed by atoms with Gasteiger partial charge in [-0.15, -0.1) is 0 Å². The van der Waals surface area contributed by atoms with Gasteiger partial charge in [0.05, 0.1) is 0 Å². The van der Waals surface area contributed by atoms with E-state index in [0.29, 0.717) is 11.7 Å². The number of ether oxygens (including phenoxy) is 1. The Morgan fingerprint density at radius 3 is 2.74 bits per heavy atom. The van der Waals surface area contributed by atoms with Gasteiger partial charge in [0.2, 0.25) is 0 Å². The number of hydrogen-bond acceptors (Lipinski definition) is 3. The van der Waals surface area contributed by atoms with E-state index >= 15 is 0 Å². The summed E-state index contributed by atoms with van der Waals surface area (Å²) in [6.07, 6.45) is 2.60. The van der Waals surface area contributed by atoms with Crippen LogP contribution in [-0.2, 0) is 4.79 Å². The van der Waals surface area contributed by atoms with E-state index in [1.54, 1.807) is 6.07 Å². The summed E-state index contributed by atoms with van der Waals surface area (Å²) in [5, 5.41) is 3.32. The molecule has 1 N–H and O–H groups in total. The van der Waals surface area contributed by atoms with Crippen LogP contribution in [0.2, 0.25) is 0 Å². The lowest BCUT2D eigenvalue weighted by atomic mass is 10.1. The van der Waals surface area contributed by atoms with Crippen LogP contribution in [0, 0.1) is 5.92 Å². The summed E-state index contributed by atoms with van der Waals surface area (Å²) < 4.78 is 5.24. The fraction of sp³-hybridized carbons (Fsp3) is 0.438. The van der Waals surface area contributed by atoms with Gasteiger partial charge in [-0.3, -0.25) is 0 Å². The Morgan fingerprint density at radius 2 is 2.11 bits per heavy atom. The lowest BCUT2D eigenvalue weighted by Crippen LogP contribution is -2.06. The van der Waals surface area contributed by atoms with Crippen LogP contribution in [0.15, 0.2) is 35.9 Å². The van der Waals surface area contributed by atoms with Gasteiger partial charge in [0, 0.05) is 24.4 Å². The van der Waals surface area contributed by atoms with Crippen LogP contribution in [0.3, 0.4) is 0 Å². The second-order valence-corrected chi connectivity index (χ2v) is 5.28. The van der Waals surface area contributed by atoms with Crippen molar-refractivity contribution in [1.29, 1.82) is 0 Å². The summed E-state index contributed by atoms with van der Waals surface area (Å²) in [6, 6.07) is 7.48. The molecule has 1 aromatic carbocycles. The van der Waals surface area contributed by atoms with Crippen LogP contribution in [0.4, 0.5) is 5.69 Å². The zero-order valence-electron chi connectivity index (χ0n) is 12.2. The lowest BCUT2D eigenvalue weighted by Gasteiger charge is -2.09. The van der Waals surface area contributed by atoms with Gasteiger partial charge in [-0.2, -0.15) is 0 Å². The molecule has 3 nitrogen and oxygen atoms in total. The monoisotopic (exact) mass is 261 g/mol. The summed E-state index contributed by atoms with van der Waals surface area (Å²) in [6.45, 7) is 9.04. The topological polar surface area (TPSA) is 38.3 Å². The Kier molecular flexibility index (Phi) is 6.13. The highest BCUT2D eigenvalue weighted by Gasteiger charge is 2.02. The van der Waals surface area contributed by atoms with Gasteiger partial charge in [-0.05, 0) is 38.3 Å². The Labute approximate surface area is 115 Å². The molecule has 0 spiro atoms. The largest absolute Gasteiger partial charge is 0.423 e. The lowest BCUT2D eigenvalue weighted by molar-refractivity contribution is -0.129. The first-order valence-electron chi connectivity index (χ1n) is 6.68. The van der Waals surface area contributed by atoms with Crippen molar-refractivity contribution in [3.8, 4) is 5.75 Å². The second kappa shape index (κ2) is 7.62. The van der Waals surface area contributed by atoms with E-state index in [9.17, 15) is 4.79 Å². The molecule has 19 heavy (non-hydrogen) atoms. The molecule has 0 heterocycles. The fourth-order valence-corrected chi connectivity index (χ4v) is 1.56. The molecule has 0 atom stereocenters. The molecular weight excluding hydrogens is 238 g/mol. The Hall–Kier alpha value is -1.77. The predicted molar refractivity (Wildman–Crippen MR) is 79.5 cm³/mol. The zero-order chi connectivity index (χ0) is 14.3. The average Bonchev–Trinajstić information content (AvgIpc) is 2.27. The normalized spacial score (nSPS) is 10.2. The predicted octanol–water partition coefficient (Wildman–Crippen LogP) is 4.02. The van der Waals surface area contributed by atoms with E-state index in [1.165, 1.54) is 6.08 Å². The summed E-state index contributed by atoms with van der Waals surface area (Å²) in [4.78, 5) is 11.5. The van der Waals surface area contributed by atoms with E-state index < -0.39 is 0 Å². The number of rotatable bonds is 6. The molecular formula is C16H23NO2. The van der Waals surface area contributed by atoms with Gasteiger partial charge in [-0.25, -0.2) is 4.79 Å². The molecule has 1 aromatic rings. The Bertz CT molecular complexity index is 446. The van der Waals surface area contributed by atoms with Crippen molar-refractivity contribution in [2.24, 2.45) is 5.92 Å². The van der Waals surface area contributed by atoms with Crippen LogP contribution in [0.25, 0.3) is 0 Å². The molecule has 0 fully saturated rings. The first-order valence-corrected chi connectivity index (χ1v) is 6.68. The number of anilines is 1. The molecule has 0 unspecified atom stereocenters. The van der Waals surface area contributed by atoms with Crippen LogP contribution in [0.1, 0.15) is 34.1 Å². The van der Waals surface area contributed by atoms with Crippen molar-refractivity contribution < 1.29 is 9.53 Å². The number of esters is 1. The highest BCUT2D eigenvalue weighted by molar-refractivity contribution is 5.84. The van der Waals surface area contributed by atoms with Crippen molar-refractivity contribution in [3.63, 3.8) is 0 Å². The summed E-state index contributed by atoms with van der Waals surface area (Å²) in [5.41, 5.74) is 1.90. The van der Waals surface area contributed by atoms with Crippen molar-refractivity contribution in [2.45, 2.75) is 34.1 Å². The molecule has 0 saturated carbocycles. The van der Waals surface area contributed by atoms with Gasteiger partial charge < -0.3 is 10.1 Å². The van der Waals surface area contributed by atoms with Crippen molar-refractivity contribution in [3.05, 3.63) is 35.9 Å². The number of carbonyl (C=O) groups is 1. The Balaban J connectivity index is 2.57. The van der Waals surface area contributed by atoms with Gasteiger partial charge in [0.25, 0.3) is 0 Å². The van der Waals surface area contributed by atoms with Crippen LogP contribution >= 0.6 is 0 Å². The third-order valence-corrected chi connectivity index (χ3v) is 2.51. The zero-order valence-corrected chi connectivity index (χ0v) is 12.2. The maximum absolute atomic E-state index is 11.5. The molecule has 104 valence electrons. The molecule has 0 aliphatic carbocycles. The minimum absolute atomic E-state index is 0.334. The van der Waals surface area contributed by atoms with E-state index in [4.69, 9.17) is 4.74 Å². The first kappa shape index (κ1) is 15.3. The Morgan fingerprint density at radius 1 is 1.37 bits per heavy atom. The summed E-state index contributed by atoms with van der Waals surface area (Å²) >= 11 is 0. The smallest absolute Gasteiger partial charge is 0.336 e. The van der Waals surface area contributed by atoms with Crippen LogP contribution in [0.5, 0.6) is 5.75 Å². The van der Waals surface area contributed by atoms with Crippen molar-refractivity contribution in [2.75, 3.05) is 11.9 Å². The SMILES string of the molecule is CC(C)=CC(=O)Oc1cccc(NCCC(C)C)c1. The highest BCUT2D eigenvalue weighted by atomic mass is 16.5. The molecule has 0 aromatic heterocycles. The van der Waals surface area contributed by atoms with Crippen molar-refractivity contribution >= 4 is 11.7 Å². The molecule has 0 aliphatic heterocycles. The van der Waals surface area contributed by atoms with Gasteiger partial charge >= 0.3 is 5.97 Å². The minimum Gasteiger partial charge on any atom is -0.423 e. The minimum atomic E-state index is -0.334. The first-order chi connectivity index (χ1) is 8.97. The number of benzene rings is 1. The van der Waals surface area contributed by atoms with Gasteiger partial charge in [0.1, 0.15) is 5.75 Å². The molecule has 0 bridgehead atoms. The number of nitrogens with one attached hydrogen (secondary N) is 1. The maximum atomic E-state index is 11.5. The van der Waals surface area contributed by atoms with Gasteiger partial charge in [0.15, 0.2) is 0 Å². The van der Waals surface area contributed by atoms with Crippen molar-refractivity contribution in [1.82, 2.24) is 0 Å². The van der Waals surface area contributed by atoms with E-state index in [2.05, 4.69) is 19.2 Å². The molecule has 1 rings (SSSR count). The van der Waals surface area contributed by atoms with Gasteiger partial charge in [-0.1, -0.05) is 25.5 Å². The number of carbonyl (C=O) groups excluding carboxylic acids is 1. The molecule has 0 saturated heterocycles. The molecule has 0 amide bonds.